The Bertz CT molecular complexity index is 914. The van der Waals surface area contributed by atoms with Crippen LogP contribution in [0.4, 0.5) is 4.39 Å². The van der Waals surface area contributed by atoms with Gasteiger partial charge in [0.25, 0.3) is 0 Å². The zero-order valence-electron chi connectivity index (χ0n) is 12.5. The molecule has 0 saturated carbocycles. The summed E-state index contributed by atoms with van der Waals surface area (Å²) >= 11 is 0. The highest BCUT2D eigenvalue weighted by molar-refractivity contribution is 5.93. The lowest BCUT2D eigenvalue weighted by molar-refractivity contribution is -0.113. The first-order valence-electron chi connectivity index (χ1n) is 7.19. The fourth-order valence-electron chi connectivity index (χ4n) is 2.34. The first-order valence-corrected chi connectivity index (χ1v) is 7.19. The number of primary amides is 1. The molecule has 0 spiro atoms. The molecule has 116 valence electrons. The quantitative estimate of drug-likeness (QED) is 0.727. The summed E-state index contributed by atoms with van der Waals surface area (Å²) in [6.07, 6.45) is 6.74. The minimum atomic E-state index is -0.541. The number of H-pyrrole nitrogens is 1. The molecule has 1 amide bonds. The Labute approximate surface area is 132 Å². The van der Waals surface area contributed by atoms with Crippen LogP contribution in [0.3, 0.4) is 0 Å². The van der Waals surface area contributed by atoms with E-state index in [9.17, 15) is 9.18 Å². The summed E-state index contributed by atoms with van der Waals surface area (Å²) < 4.78 is 14.0. The lowest BCUT2D eigenvalue weighted by Gasteiger charge is -2.04. The van der Waals surface area contributed by atoms with E-state index >= 15 is 0 Å². The third-order valence-electron chi connectivity index (χ3n) is 3.57. The van der Waals surface area contributed by atoms with Crippen LogP contribution >= 0.6 is 0 Å². The van der Waals surface area contributed by atoms with Gasteiger partial charge in [-0.25, -0.2) is 14.4 Å². The summed E-state index contributed by atoms with van der Waals surface area (Å²) in [6.45, 7) is 1.90. The maximum atomic E-state index is 14.0. The van der Waals surface area contributed by atoms with Crippen LogP contribution in [-0.2, 0) is 11.2 Å². The molecule has 0 radical (unpaired) electrons. The molecular formula is C17H15FN4O. The second-order valence-electron chi connectivity index (χ2n) is 5.09. The predicted octanol–water partition coefficient (Wildman–Crippen LogP) is 2.82. The van der Waals surface area contributed by atoms with Crippen molar-refractivity contribution in [3.05, 3.63) is 53.6 Å². The fourth-order valence-corrected chi connectivity index (χ4v) is 2.34. The van der Waals surface area contributed by atoms with E-state index in [0.717, 1.165) is 0 Å². The van der Waals surface area contributed by atoms with Gasteiger partial charge in [0.05, 0.1) is 11.9 Å². The van der Waals surface area contributed by atoms with Gasteiger partial charge in [0, 0.05) is 23.4 Å². The van der Waals surface area contributed by atoms with Gasteiger partial charge in [-0.2, -0.15) is 0 Å². The number of halogens is 1. The molecule has 0 atom stereocenters. The van der Waals surface area contributed by atoms with Crippen LogP contribution < -0.4 is 5.73 Å². The van der Waals surface area contributed by atoms with Crippen LogP contribution in [0.1, 0.15) is 18.1 Å². The lowest BCUT2D eigenvalue weighted by atomic mass is 10.1. The number of carbonyl (C=O) groups is 1. The highest BCUT2D eigenvalue weighted by Gasteiger charge is 2.09. The summed E-state index contributed by atoms with van der Waals surface area (Å²) in [7, 11) is 0. The van der Waals surface area contributed by atoms with E-state index in [0.29, 0.717) is 40.0 Å². The van der Waals surface area contributed by atoms with Crippen molar-refractivity contribution in [2.75, 3.05) is 0 Å². The smallest absolute Gasteiger partial charge is 0.241 e. The number of fused-ring (bicyclic) bond motifs is 1. The second-order valence-corrected chi connectivity index (χ2v) is 5.09. The average Bonchev–Trinajstić information content (AvgIpc) is 2.95. The van der Waals surface area contributed by atoms with Crippen molar-refractivity contribution in [2.45, 2.75) is 13.3 Å². The second kappa shape index (κ2) is 6.00. The van der Waals surface area contributed by atoms with Crippen molar-refractivity contribution in [2.24, 2.45) is 5.73 Å². The standard InChI is InChI=1S/C17H15FN4O/c1-2-10-3-4-11(7-13(10)18)14-9-21-17-16(22-14)12(8-20-17)5-6-15(19)23/h3-9H,2H2,1H3,(H2,19,23)(H,20,21)/b6-5+. The highest BCUT2D eigenvalue weighted by atomic mass is 19.1. The van der Waals surface area contributed by atoms with Crippen molar-refractivity contribution in [3.8, 4) is 11.3 Å². The third kappa shape index (κ3) is 2.96. The molecule has 0 fully saturated rings. The van der Waals surface area contributed by atoms with Crippen molar-refractivity contribution in [3.63, 3.8) is 0 Å². The molecule has 1 aromatic carbocycles. The van der Waals surface area contributed by atoms with Crippen LogP contribution in [0.2, 0.25) is 0 Å². The summed E-state index contributed by atoms with van der Waals surface area (Å²) in [6, 6.07) is 5.03. The number of hydrogen-bond acceptors (Lipinski definition) is 3. The Kier molecular flexibility index (Phi) is 3.89. The molecular weight excluding hydrogens is 295 g/mol. The number of nitrogens with two attached hydrogens (primary N) is 1. The number of hydrogen-bond donors (Lipinski definition) is 2. The van der Waals surface area contributed by atoms with Gasteiger partial charge >= 0.3 is 0 Å². The first-order chi connectivity index (χ1) is 11.1. The number of benzene rings is 1. The number of amides is 1. The number of aryl methyl sites for hydroxylation is 1. The Hall–Kier alpha value is -3.02. The van der Waals surface area contributed by atoms with E-state index in [-0.39, 0.29) is 5.82 Å². The SMILES string of the molecule is CCc1ccc(-c2cnc3[nH]cc(/C=C/C(N)=O)c3n2)cc1F. The molecule has 2 heterocycles. The zero-order valence-corrected chi connectivity index (χ0v) is 12.5. The fraction of sp³-hybridized carbons (Fsp3) is 0.118. The predicted molar refractivity (Wildman–Crippen MR) is 86.9 cm³/mol. The molecule has 3 N–H and O–H groups in total. The van der Waals surface area contributed by atoms with Gasteiger partial charge in [-0.15, -0.1) is 0 Å². The van der Waals surface area contributed by atoms with E-state index in [1.807, 2.05) is 13.0 Å². The van der Waals surface area contributed by atoms with Crippen molar-refractivity contribution in [1.82, 2.24) is 15.0 Å². The molecule has 3 aromatic rings. The Morgan fingerprint density at radius 3 is 2.96 bits per heavy atom. The maximum absolute atomic E-state index is 14.0. The third-order valence-corrected chi connectivity index (χ3v) is 3.57. The first kappa shape index (κ1) is 14.9. The van der Waals surface area contributed by atoms with E-state index in [4.69, 9.17) is 5.73 Å². The number of aromatic nitrogens is 3. The van der Waals surface area contributed by atoms with Gasteiger partial charge in [0.2, 0.25) is 5.91 Å². The number of nitrogens with zero attached hydrogens (tertiary/aromatic N) is 2. The number of carbonyl (C=O) groups excluding carboxylic acids is 1. The largest absolute Gasteiger partial charge is 0.366 e. The normalized spacial score (nSPS) is 11.4. The van der Waals surface area contributed by atoms with Crippen LogP contribution in [0, 0.1) is 5.82 Å². The molecule has 6 heteroatoms. The maximum Gasteiger partial charge on any atom is 0.241 e. The molecule has 0 aliphatic rings. The molecule has 23 heavy (non-hydrogen) atoms. The Balaban J connectivity index is 2.07. The molecule has 0 bridgehead atoms. The molecule has 0 saturated heterocycles. The van der Waals surface area contributed by atoms with Crippen molar-refractivity contribution >= 4 is 23.1 Å². The number of nitrogens with one attached hydrogen (secondary N) is 1. The van der Waals surface area contributed by atoms with Crippen molar-refractivity contribution < 1.29 is 9.18 Å². The van der Waals surface area contributed by atoms with Gasteiger partial charge in [-0.05, 0) is 24.1 Å². The van der Waals surface area contributed by atoms with Crippen molar-refractivity contribution in [1.29, 1.82) is 0 Å². The molecule has 0 unspecified atom stereocenters. The van der Waals surface area contributed by atoms with E-state index in [1.54, 1.807) is 24.5 Å². The summed E-state index contributed by atoms with van der Waals surface area (Å²) in [5.74, 6) is -0.796. The van der Waals surface area contributed by atoms with E-state index in [2.05, 4.69) is 15.0 Å². The molecule has 0 aliphatic carbocycles. The van der Waals surface area contributed by atoms with Crippen LogP contribution in [0.5, 0.6) is 0 Å². The molecule has 3 rings (SSSR count). The molecule has 2 aromatic heterocycles. The summed E-state index contributed by atoms with van der Waals surface area (Å²) in [5.41, 5.74) is 8.86. The minimum absolute atomic E-state index is 0.255. The van der Waals surface area contributed by atoms with E-state index < -0.39 is 5.91 Å². The lowest BCUT2D eigenvalue weighted by Crippen LogP contribution is -2.05. The minimum Gasteiger partial charge on any atom is -0.366 e. The van der Waals surface area contributed by atoms with E-state index in [1.165, 1.54) is 12.1 Å². The number of aromatic amines is 1. The summed E-state index contributed by atoms with van der Waals surface area (Å²) in [5, 5.41) is 0. The van der Waals surface area contributed by atoms with Gasteiger partial charge in [0.15, 0.2) is 5.65 Å². The van der Waals surface area contributed by atoms with Gasteiger partial charge in [-0.3, -0.25) is 4.79 Å². The average molecular weight is 310 g/mol. The molecule has 5 nitrogen and oxygen atoms in total. The van der Waals surface area contributed by atoms with Crippen LogP contribution in [0.15, 0.2) is 36.7 Å². The molecule has 0 aliphatic heterocycles. The Morgan fingerprint density at radius 1 is 1.43 bits per heavy atom. The van der Waals surface area contributed by atoms with Crippen LogP contribution in [-0.4, -0.2) is 20.9 Å². The Morgan fingerprint density at radius 2 is 2.26 bits per heavy atom. The topological polar surface area (TPSA) is 84.7 Å². The van der Waals surface area contributed by atoms with Crippen LogP contribution in [0.25, 0.3) is 28.5 Å². The van der Waals surface area contributed by atoms with Gasteiger partial charge in [-0.1, -0.05) is 19.1 Å². The van der Waals surface area contributed by atoms with Gasteiger partial charge in [0.1, 0.15) is 11.3 Å². The zero-order chi connectivity index (χ0) is 16.4. The van der Waals surface area contributed by atoms with Gasteiger partial charge < -0.3 is 10.7 Å². The monoisotopic (exact) mass is 310 g/mol. The summed E-state index contributed by atoms with van der Waals surface area (Å²) in [4.78, 5) is 22.6. The number of rotatable bonds is 4. The highest BCUT2D eigenvalue weighted by Crippen LogP contribution is 2.23.